The second-order valence-electron chi connectivity index (χ2n) is 3.33. The highest BCUT2D eigenvalue weighted by atomic mass is 32.2. The van der Waals surface area contributed by atoms with Gasteiger partial charge in [0.1, 0.15) is 10.0 Å². The third-order valence-corrected chi connectivity index (χ3v) is 3.68. The van der Waals surface area contributed by atoms with Gasteiger partial charge in [-0.15, -0.1) is 10.2 Å². The minimum absolute atomic E-state index is 0.237. The molecule has 2 heterocycles. The zero-order chi connectivity index (χ0) is 12.4. The Labute approximate surface area is 106 Å². The second-order valence-corrected chi connectivity index (χ2v) is 5.78. The average molecular weight is 267 g/mol. The molecule has 7 heteroatoms. The maximum atomic E-state index is 10.9. The Hall–Kier alpha value is -1.47. The van der Waals surface area contributed by atoms with E-state index >= 15 is 0 Å². The van der Waals surface area contributed by atoms with Crippen molar-refractivity contribution in [2.75, 3.05) is 0 Å². The van der Waals surface area contributed by atoms with E-state index in [4.69, 9.17) is 5.11 Å². The molecule has 2 rings (SSSR count). The standard InChI is InChI=1S/C10H9N3O2S2/c1-5-3-7(9(14)15)4-8(11-5)17-10-13-12-6(2)16-10/h3-4H,1-2H3,(H,14,15). The third-order valence-electron chi connectivity index (χ3n) is 1.88. The van der Waals surface area contributed by atoms with E-state index in [1.807, 2.05) is 6.92 Å². The summed E-state index contributed by atoms with van der Waals surface area (Å²) in [6, 6.07) is 3.08. The molecule has 2 aromatic rings. The first-order valence-corrected chi connectivity index (χ1v) is 6.38. The first kappa shape index (κ1) is 12.0. The molecule has 0 amide bonds. The van der Waals surface area contributed by atoms with Crippen molar-refractivity contribution in [2.45, 2.75) is 23.2 Å². The molecule has 0 aromatic carbocycles. The van der Waals surface area contributed by atoms with Crippen LogP contribution in [0.2, 0.25) is 0 Å². The molecule has 17 heavy (non-hydrogen) atoms. The smallest absolute Gasteiger partial charge is 0.335 e. The predicted octanol–water partition coefficient (Wildman–Crippen LogP) is 2.40. The fourth-order valence-corrected chi connectivity index (χ4v) is 3.06. The zero-order valence-electron chi connectivity index (χ0n) is 9.17. The van der Waals surface area contributed by atoms with Gasteiger partial charge in [0, 0.05) is 5.69 Å². The van der Waals surface area contributed by atoms with E-state index in [2.05, 4.69) is 15.2 Å². The molecule has 0 radical (unpaired) electrons. The molecule has 0 saturated heterocycles. The molecule has 0 aliphatic heterocycles. The number of aromatic carboxylic acids is 1. The third kappa shape index (κ3) is 3.01. The minimum atomic E-state index is -0.953. The van der Waals surface area contributed by atoms with Gasteiger partial charge in [-0.2, -0.15) is 0 Å². The van der Waals surface area contributed by atoms with Crippen LogP contribution in [0, 0.1) is 13.8 Å². The first-order chi connectivity index (χ1) is 8.04. The summed E-state index contributed by atoms with van der Waals surface area (Å²) in [6.45, 7) is 3.63. The zero-order valence-corrected chi connectivity index (χ0v) is 10.8. The van der Waals surface area contributed by atoms with Crippen LogP contribution in [0.5, 0.6) is 0 Å². The molecule has 0 fully saturated rings. The van der Waals surface area contributed by atoms with Crippen molar-refractivity contribution >= 4 is 29.1 Å². The van der Waals surface area contributed by atoms with E-state index < -0.39 is 5.97 Å². The summed E-state index contributed by atoms with van der Waals surface area (Å²) in [6.07, 6.45) is 0. The largest absolute Gasteiger partial charge is 0.478 e. The highest BCUT2D eigenvalue weighted by Gasteiger charge is 2.09. The number of aryl methyl sites for hydroxylation is 2. The molecule has 0 aliphatic rings. The lowest BCUT2D eigenvalue weighted by atomic mass is 10.2. The van der Waals surface area contributed by atoms with Gasteiger partial charge in [0.25, 0.3) is 0 Å². The number of rotatable bonds is 3. The molecular weight excluding hydrogens is 258 g/mol. The van der Waals surface area contributed by atoms with E-state index in [9.17, 15) is 4.79 Å². The van der Waals surface area contributed by atoms with Gasteiger partial charge >= 0.3 is 5.97 Å². The van der Waals surface area contributed by atoms with E-state index in [0.717, 1.165) is 9.35 Å². The number of hydrogen-bond donors (Lipinski definition) is 1. The monoisotopic (exact) mass is 267 g/mol. The summed E-state index contributed by atoms with van der Waals surface area (Å²) < 4.78 is 0.761. The number of hydrogen-bond acceptors (Lipinski definition) is 6. The van der Waals surface area contributed by atoms with Crippen molar-refractivity contribution in [3.05, 3.63) is 28.4 Å². The van der Waals surface area contributed by atoms with Gasteiger partial charge in [-0.05, 0) is 37.7 Å². The lowest BCUT2D eigenvalue weighted by Crippen LogP contribution is -1.98. The molecule has 2 aromatic heterocycles. The van der Waals surface area contributed by atoms with Crippen molar-refractivity contribution in [1.82, 2.24) is 15.2 Å². The topological polar surface area (TPSA) is 76.0 Å². The SMILES string of the molecule is Cc1cc(C(=O)O)cc(Sc2nnc(C)s2)n1. The quantitative estimate of drug-likeness (QED) is 0.920. The van der Waals surface area contributed by atoms with Gasteiger partial charge in [0.2, 0.25) is 0 Å². The Morgan fingerprint density at radius 3 is 2.71 bits per heavy atom. The van der Waals surface area contributed by atoms with Crippen molar-refractivity contribution in [3.63, 3.8) is 0 Å². The fourth-order valence-electron chi connectivity index (χ4n) is 1.22. The van der Waals surface area contributed by atoms with Crippen LogP contribution in [0.3, 0.4) is 0 Å². The van der Waals surface area contributed by atoms with E-state index in [1.165, 1.54) is 35.2 Å². The minimum Gasteiger partial charge on any atom is -0.478 e. The summed E-state index contributed by atoms with van der Waals surface area (Å²) in [4.78, 5) is 15.2. The Balaban J connectivity index is 2.29. The number of carbonyl (C=O) groups is 1. The molecule has 0 bridgehead atoms. The maximum absolute atomic E-state index is 10.9. The van der Waals surface area contributed by atoms with Gasteiger partial charge in [0.15, 0.2) is 4.34 Å². The van der Waals surface area contributed by atoms with Crippen molar-refractivity contribution in [2.24, 2.45) is 0 Å². The number of carboxylic acids is 1. The number of pyridine rings is 1. The summed E-state index contributed by atoms with van der Waals surface area (Å²) in [7, 11) is 0. The molecule has 1 N–H and O–H groups in total. The van der Waals surface area contributed by atoms with Gasteiger partial charge in [-0.25, -0.2) is 9.78 Å². The van der Waals surface area contributed by atoms with Crippen LogP contribution in [-0.2, 0) is 0 Å². The fraction of sp³-hybridized carbons (Fsp3) is 0.200. The normalized spacial score (nSPS) is 10.5. The van der Waals surface area contributed by atoms with Crippen molar-refractivity contribution < 1.29 is 9.90 Å². The predicted molar refractivity (Wildman–Crippen MR) is 64.7 cm³/mol. The first-order valence-electron chi connectivity index (χ1n) is 4.74. The lowest BCUT2D eigenvalue weighted by Gasteiger charge is -2.01. The van der Waals surface area contributed by atoms with E-state index in [-0.39, 0.29) is 5.56 Å². The Morgan fingerprint density at radius 1 is 1.35 bits per heavy atom. The van der Waals surface area contributed by atoms with Crippen LogP contribution in [0.1, 0.15) is 21.1 Å². The van der Waals surface area contributed by atoms with Crippen molar-refractivity contribution in [3.8, 4) is 0 Å². The Bertz CT molecular complexity index is 568. The van der Waals surface area contributed by atoms with Gasteiger partial charge in [0.05, 0.1) is 5.56 Å². The van der Waals surface area contributed by atoms with Gasteiger partial charge in [-0.3, -0.25) is 0 Å². The molecule has 0 saturated carbocycles. The maximum Gasteiger partial charge on any atom is 0.335 e. The van der Waals surface area contributed by atoms with Crippen LogP contribution in [0.25, 0.3) is 0 Å². The summed E-state index contributed by atoms with van der Waals surface area (Å²) in [5, 5.41) is 18.3. The van der Waals surface area contributed by atoms with E-state index in [0.29, 0.717) is 10.7 Å². The number of aromatic nitrogens is 3. The molecule has 0 unspecified atom stereocenters. The van der Waals surface area contributed by atoms with Gasteiger partial charge in [-0.1, -0.05) is 11.3 Å². The molecular formula is C10H9N3O2S2. The van der Waals surface area contributed by atoms with Gasteiger partial charge < -0.3 is 5.11 Å². The second kappa shape index (κ2) is 4.80. The van der Waals surface area contributed by atoms with Crippen LogP contribution in [0.4, 0.5) is 0 Å². The van der Waals surface area contributed by atoms with Crippen molar-refractivity contribution in [1.29, 1.82) is 0 Å². The number of nitrogens with zero attached hydrogens (tertiary/aromatic N) is 3. The van der Waals surface area contributed by atoms with Crippen LogP contribution in [-0.4, -0.2) is 26.3 Å². The summed E-state index contributed by atoms with van der Waals surface area (Å²) in [5.41, 5.74) is 0.912. The number of carboxylic acid groups (broad SMARTS) is 1. The van der Waals surface area contributed by atoms with Crippen LogP contribution < -0.4 is 0 Å². The molecule has 0 aliphatic carbocycles. The van der Waals surface area contributed by atoms with Crippen LogP contribution >= 0.6 is 23.1 Å². The van der Waals surface area contributed by atoms with E-state index in [1.54, 1.807) is 6.92 Å². The highest BCUT2D eigenvalue weighted by molar-refractivity contribution is 8.01. The Kier molecular flexibility index (Phi) is 3.39. The molecule has 0 atom stereocenters. The summed E-state index contributed by atoms with van der Waals surface area (Å²) >= 11 is 2.78. The lowest BCUT2D eigenvalue weighted by molar-refractivity contribution is 0.0696. The molecule has 5 nitrogen and oxygen atoms in total. The van der Waals surface area contributed by atoms with Crippen LogP contribution in [0.15, 0.2) is 21.5 Å². The highest BCUT2D eigenvalue weighted by Crippen LogP contribution is 2.29. The summed E-state index contributed by atoms with van der Waals surface area (Å²) in [5.74, 6) is -0.953. The molecule has 88 valence electrons. The molecule has 0 spiro atoms. The average Bonchev–Trinajstić information content (AvgIpc) is 2.63. The Morgan fingerprint density at radius 2 is 2.12 bits per heavy atom.